The molecule has 2 N–H and O–H groups in total. The molecule has 2 aromatic carbocycles. The van der Waals surface area contributed by atoms with Crippen molar-refractivity contribution >= 4 is 17.5 Å². The number of benzene rings is 2. The quantitative estimate of drug-likeness (QED) is 0.634. The second kappa shape index (κ2) is 8.33. The molecule has 26 heavy (non-hydrogen) atoms. The first kappa shape index (κ1) is 18.4. The molecule has 0 aliphatic rings. The van der Waals surface area contributed by atoms with Crippen LogP contribution in [-0.4, -0.2) is 9.97 Å². The molecule has 0 saturated carbocycles. The molecule has 4 heteroatoms. The maximum absolute atomic E-state index is 6.24. The van der Waals surface area contributed by atoms with E-state index in [1.807, 2.05) is 31.2 Å². The summed E-state index contributed by atoms with van der Waals surface area (Å²) in [5, 5.41) is 0.733. The molecule has 0 atom stereocenters. The molecule has 0 amide bonds. The summed E-state index contributed by atoms with van der Waals surface area (Å²) in [4.78, 5) is 8.80. The fourth-order valence-corrected chi connectivity index (χ4v) is 3.26. The lowest BCUT2D eigenvalue weighted by atomic mass is 10.0. The highest BCUT2D eigenvalue weighted by molar-refractivity contribution is 6.31. The number of hydrogen-bond acceptors (Lipinski definition) is 3. The van der Waals surface area contributed by atoms with Gasteiger partial charge in [0.05, 0.1) is 5.69 Å². The van der Waals surface area contributed by atoms with Crippen LogP contribution in [-0.2, 0) is 19.3 Å². The topological polar surface area (TPSA) is 51.8 Å². The minimum atomic E-state index is 0.309. The molecular formula is C22H24ClN3. The average molecular weight is 366 g/mol. The predicted octanol–water partition coefficient (Wildman–Crippen LogP) is 5.43. The Bertz CT molecular complexity index is 888. The first-order valence-corrected chi connectivity index (χ1v) is 9.41. The van der Waals surface area contributed by atoms with E-state index in [1.54, 1.807) is 0 Å². The van der Waals surface area contributed by atoms with Crippen molar-refractivity contribution in [3.8, 4) is 11.3 Å². The molecule has 0 bridgehead atoms. The zero-order valence-electron chi connectivity index (χ0n) is 15.3. The number of nitrogens with zero attached hydrogens (tertiary/aromatic N) is 2. The summed E-state index contributed by atoms with van der Waals surface area (Å²) in [6.45, 7) is 4.17. The Morgan fingerprint density at radius 3 is 2.42 bits per heavy atom. The number of halogens is 1. The van der Waals surface area contributed by atoms with Crippen molar-refractivity contribution in [2.45, 2.75) is 39.5 Å². The lowest BCUT2D eigenvalue weighted by Gasteiger charge is -2.10. The average Bonchev–Trinajstić information content (AvgIpc) is 2.64. The molecule has 0 spiro atoms. The standard InChI is InChI=1S/C22H24ClN3/c1-3-16-10-12-17(13-11-16)6-4-7-18-14-21(26-22(24)25-18)19-8-5-9-20(23)15(19)2/h5,8-14H,3-4,6-7H2,1-2H3,(H2,24,25,26). The van der Waals surface area contributed by atoms with E-state index in [9.17, 15) is 0 Å². The Balaban J connectivity index is 1.72. The summed E-state index contributed by atoms with van der Waals surface area (Å²) in [5.41, 5.74) is 12.5. The third-order valence-electron chi connectivity index (χ3n) is 4.67. The van der Waals surface area contributed by atoms with Crippen molar-refractivity contribution in [2.24, 2.45) is 0 Å². The second-order valence-electron chi connectivity index (χ2n) is 6.54. The van der Waals surface area contributed by atoms with E-state index in [2.05, 4.69) is 41.2 Å². The number of hydrogen-bond donors (Lipinski definition) is 1. The summed E-state index contributed by atoms with van der Waals surface area (Å²) in [7, 11) is 0. The van der Waals surface area contributed by atoms with Crippen molar-refractivity contribution in [1.82, 2.24) is 9.97 Å². The molecule has 3 rings (SSSR count). The maximum Gasteiger partial charge on any atom is 0.220 e. The molecule has 1 heterocycles. The van der Waals surface area contributed by atoms with Gasteiger partial charge in [-0.15, -0.1) is 0 Å². The van der Waals surface area contributed by atoms with Crippen LogP contribution < -0.4 is 5.73 Å². The van der Waals surface area contributed by atoms with Crippen molar-refractivity contribution in [2.75, 3.05) is 5.73 Å². The van der Waals surface area contributed by atoms with Gasteiger partial charge < -0.3 is 5.73 Å². The Kier molecular flexibility index (Phi) is 5.89. The highest BCUT2D eigenvalue weighted by atomic mass is 35.5. The van der Waals surface area contributed by atoms with Gasteiger partial charge in [-0.25, -0.2) is 9.97 Å². The number of aryl methyl sites for hydroxylation is 3. The minimum absolute atomic E-state index is 0.309. The molecule has 0 aliphatic carbocycles. The van der Waals surface area contributed by atoms with Crippen molar-refractivity contribution in [1.29, 1.82) is 0 Å². The Hall–Kier alpha value is -2.39. The SMILES string of the molecule is CCc1ccc(CCCc2cc(-c3cccc(Cl)c3C)nc(N)n2)cc1. The second-order valence-corrected chi connectivity index (χ2v) is 6.95. The van der Waals surface area contributed by atoms with Crippen LogP contribution in [0.3, 0.4) is 0 Å². The largest absolute Gasteiger partial charge is 0.368 e. The number of nitrogens with two attached hydrogens (primary N) is 1. The summed E-state index contributed by atoms with van der Waals surface area (Å²) in [6, 6.07) is 16.7. The molecule has 3 nitrogen and oxygen atoms in total. The smallest absolute Gasteiger partial charge is 0.220 e. The fraction of sp³-hybridized carbons (Fsp3) is 0.273. The van der Waals surface area contributed by atoms with Crippen LogP contribution in [0.4, 0.5) is 5.95 Å². The van der Waals surface area contributed by atoms with Crippen LogP contribution in [0.25, 0.3) is 11.3 Å². The molecule has 0 radical (unpaired) electrons. The van der Waals surface area contributed by atoms with E-state index in [1.165, 1.54) is 11.1 Å². The van der Waals surface area contributed by atoms with Gasteiger partial charge in [0.15, 0.2) is 0 Å². The fourth-order valence-electron chi connectivity index (χ4n) is 3.08. The van der Waals surface area contributed by atoms with Gasteiger partial charge in [-0.2, -0.15) is 0 Å². The van der Waals surface area contributed by atoms with Gasteiger partial charge in [0.1, 0.15) is 0 Å². The monoisotopic (exact) mass is 365 g/mol. The van der Waals surface area contributed by atoms with Crippen molar-refractivity contribution < 1.29 is 0 Å². The molecule has 1 aromatic heterocycles. The minimum Gasteiger partial charge on any atom is -0.368 e. The van der Waals surface area contributed by atoms with Crippen molar-refractivity contribution in [3.63, 3.8) is 0 Å². The number of nitrogen functional groups attached to an aromatic ring is 1. The van der Waals surface area contributed by atoms with E-state index in [-0.39, 0.29) is 0 Å². The first-order chi connectivity index (χ1) is 12.6. The molecule has 3 aromatic rings. The molecule has 0 fully saturated rings. The number of anilines is 1. The van der Waals surface area contributed by atoms with Crippen LogP contribution >= 0.6 is 11.6 Å². The van der Waals surface area contributed by atoms with Crippen LogP contribution in [0.15, 0.2) is 48.5 Å². The van der Waals surface area contributed by atoms with Gasteiger partial charge in [0.25, 0.3) is 0 Å². The highest BCUT2D eigenvalue weighted by Gasteiger charge is 2.09. The van der Waals surface area contributed by atoms with E-state index in [4.69, 9.17) is 17.3 Å². The van der Waals surface area contributed by atoms with Gasteiger partial charge in [0.2, 0.25) is 5.95 Å². The zero-order valence-corrected chi connectivity index (χ0v) is 16.1. The van der Waals surface area contributed by atoms with E-state index in [0.29, 0.717) is 5.95 Å². The molecule has 0 aliphatic heterocycles. The lowest BCUT2D eigenvalue weighted by molar-refractivity contribution is 0.797. The Labute approximate surface area is 160 Å². The Morgan fingerprint density at radius 2 is 1.69 bits per heavy atom. The summed E-state index contributed by atoms with van der Waals surface area (Å²) < 4.78 is 0. The summed E-state index contributed by atoms with van der Waals surface area (Å²) in [6.07, 6.45) is 4.00. The summed E-state index contributed by atoms with van der Waals surface area (Å²) >= 11 is 6.24. The van der Waals surface area contributed by atoms with Gasteiger partial charge in [-0.3, -0.25) is 0 Å². The normalized spacial score (nSPS) is 10.9. The van der Waals surface area contributed by atoms with Gasteiger partial charge in [-0.1, -0.05) is 54.9 Å². The van der Waals surface area contributed by atoms with E-state index >= 15 is 0 Å². The van der Waals surface area contributed by atoms with E-state index in [0.717, 1.165) is 53.2 Å². The maximum atomic E-state index is 6.24. The molecule has 0 unspecified atom stereocenters. The highest BCUT2D eigenvalue weighted by Crippen LogP contribution is 2.28. The summed E-state index contributed by atoms with van der Waals surface area (Å²) in [5.74, 6) is 0.309. The first-order valence-electron chi connectivity index (χ1n) is 9.03. The van der Waals surface area contributed by atoms with Crippen LogP contribution in [0, 0.1) is 6.92 Å². The van der Waals surface area contributed by atoms with Crippen LogP contribution in [0.5, 0.6) is 0 Å². The zero-order chi connectivity index (χ0) is 18.5. The Morgan fingerprint density at radius 1 is 0.962 bits per heavy atom. The lowest BCUT2D eigenvalue weighted by Crippen LogP contribution is -2.02. The van der Waals surface area contributed by atoms with Gasteiger partial charge in [0, 0.05) is 16.3 Å². The number of aromatic nitrogens is 2. The molecule has 0 saturated heterocycles. The molecular weight excluding hydrogens is 342 g/mol. The van der Waals surface area contributed by atoms with Gasteiger partial charge >= 0.3 is 0 Å². The third-order valence-corrected chi connectivity index (χ3v) is 5.08. The number of rotatable bonds is 6. The molecule has 134 valence electrons. The van der Waals surface area contributed by atoms with Crippen molar-refractivity contribution in [3.05, 3.63) is 75.9 Å². The van der Waals surface area contributed by atoms with E-state index < -0.39 is 0 Å². The third kappa shape index (κ3) is 4.41. The van der Waals surface area contributed by atoms with Gasteiger partial charge in [-0.05, 0) is 61.4 Å². The predicted molar refractivity (Wildman–Crippen MR) is 109 cm³/mol. The van der Waals surface area contributed by atoms with Crippen LogP contribution in [0.2, 0.25) is 5.02 Å². The van der Waals surface area contributed by atoms with Crippen LogP contribution in [0.1, 0.15) is 35.7 Å².